The Morgan fingerprint density at radius 2 is 2.00 bits per heavy atom. The molecule has 0 aliphatic heterocycles. The summed E-state index contributed by atoms with van der Waals surface area (Å²) >= 11 is 11.6. The Morgan fingerprint density at radius 3 is 2.57 bits per heavy atom. The van der Waals surface area contributed by atoms with Crippen LogP contribution in [0.5, 0.6) is 5.75 Å². The summed E-state index contributed by atoms with van der Waals surface area (Å²) in [6, 6.07) is 5.05. The molecule has 1 aliphatic carbocycles. The molecule has 0 heterocycles. The molecule has 1 aromatic rings. The van der Waals surface area contributed by atoms with E-state index in [1.807, 2.05) is 0 Å². The maximum Gasteiger partial charge on any atom is 0.140 e. The van der Waals surface area contributed by atoms with Crippen molar-refractivity contribution >= 4 is 29.0 Å². The lowest BCUT2D eigenvalue weighted by Gasteiger charge is -2.25. The average molecular weight is 231 g/mol. The molecule has 0 bridgehead atoms. The van der Waals surface area contributed by atoms with Crippen LogP contribution in [0.3, 0.4) is 0 Å². The van der Waals surface area contributed by atoms with E-state index in [9.17, 15) is 4.79 Å². The van der Waals surface area contributed by atoms with Crippen molar-refractivity contribution in [3.8, 4) is 5.75 Å². The normalized spacial score (nSPS) is 16.6. The lowest BCUT2D eigenvalue weighted by molar-refractivity contribution is -0.129. The number of rotatable bonds is 2. The minimum Gasteiger partial charge on any atom is -0.488 e. The molecular weight excluding hydrogens is 223 g/mol. The average Bonchev–Trinajstić information content (AvgIpc) is 2.06. The number of carbonyl (C=O) groups is 1. The summed E-state index contributed by atoms with van der Waals surface area (Å²) in [6.07, 6.45) is 0.957. The molecule has 4 heteroatoms. The lowest BCUT2D eigenvalue weighted by atomic mass is 9.94. The maximum atomic E-state index is 10.7. The Labute approximate surface area is 91.8 Å². The summed E-state index contributed by atoms with van der Waals surface area (Å²) < 4.78 is 5.50. The molecule has 0 amide bonds. The van der Waals surface area contributed by atoms with Gasteiger partial charge in [-0.2, -0.15) is 0 Å². The quantitative estimate of drug-likeness (QED) is 0.781. The molecule has 0 aromatic heterocycles. The van der Waals surface area contributed by atoms with Gasteiger partial charge < -0.3 is 4.74 Å². The van der Waals surface area contributed by atoms with Gasteiger partial charge in [-0.15, -0.1) is 0 Å². The van der Waals surface area contributed by atoms with Gasteiger partial charge >= 0.3 is 0 Å². The number of halogens is 2. The Kier molecular flexibility index (Phi) is 2.66. The number of hydrogen-bond donors (Lipinski definition) is 0. The summed E-state index contributed by atoms with van der Waals surface area (Å²) in [5.41, 5.74) is 0. The highest BCUT2D eigenvalue weighted by atomic mass is 35.5. The van der Waals surface area contributed by atoms with E-state index in [2.05, 4.69) is 0 Å². The van der Waals surface area contributed by atoms with Gasteiger partial charge in [0.1, 0.15) is 17.6 Å². The van der Waals surface area contributed by atoms with Crippen LogP contribution < -0.4 is 4.74 Å². The molecule has 74 valence electrons. The van der Waals surface area contributed by atoms with Crippen molar-refractivity contribution in [2.45, 2.75) is 18.9 Å². The number of ketones is 1. The van der Waals surface area contributed by atoms with Crippen LogP contribution in [-0.2, 0) is 4.79 Å². The van der Waals surface area contributed by atoms with E-state index < -0.39 is 0 Å². The molecule has 1 aliphatic rings. The van der Waals surface area contributed by atoms with Gasteiger partial charge in [0.2, 0.25) is 0 Å². The lowest BCUT2D eigenvalue weighted by Crippen LogP contribution is -2.33. The first-order valence-electron chi connectivity index (χ1n) is 4.28. The third-order valence-electron chi connectivity index (χ3n) is 2.10. The van der Waals surface area contributed by atoms with E-state index in [1.54, 1.807) is 18.2 Å². The van der Waals surface area contributed by atoms with E-state index in [0.29, 0.717) is 28.6 Å². The summed E-state index contributed by atoms with van der Waals surface area (Å²) in [7, 11) is 0. The molecule has 0 unspecified atom stereocenters. The number of Topliss-reactive ketones (excluding diaryl/α,β-unsaturated/α-hetero) is 1. The summed E-state index contributed by atoms with van der Waals surface area (Å²) in [5, 5.41) is 1.06. The largest absolute Gasteiger partial charge is 0.488 e. The van der Waals surface area contributed by atoms with Crippen molar-refractivity contribution in [1.82, 2.24) is 0 Å². The van der Waals surface area contributed by atoms with Crippen LogP contribution in [0.4, 0.5) is 0 Å². The van der Waals surface area contributed by atoms with E-state index >= 15 is 0 Å². The van der Waals surface area contributed by atoms with Crippen molar-refractivity contribution < 1.29 is 9.53 Å². The number of ether oxygens (including phenoxy) is 1. The van der Waals surface area contributed by atoms with Gasteiger partial charge in [0.15, 0.2) is 0 Å². The monoisotopic (exact) mass is 230 g/mol. The molecule has 0 spiro atoms. The summed E-state index contributed by atoms with van der Waals surface area (Å²) in [4.78, 5) is 10.7. The van der Waals surface area contributed by atoms with Crippen LogP contribution in [0.2, 0.25) is 10.0 Å². The number of carbonyl (C=O) groups excluding carboxylic acids is 1. The van der Waals surface area contributed by atoms with Crippen molar-refractivity contribution in [2.24, 2.45) is 0 Å². The Balaban J connectivity index is 2.06. The highest BCUT2D eigenvalue weighted by molar-refractivity contribution is 6.35. The van der Waals surface area contributed by atoms with E-state index in [0.717, 1.165) is 0 Å². The van der Waals surface area contributed by atoms with Crippen molar-refractivity contribution in [3.05, 3.63) is 28.2 Å². The molecule has 0 radical (unpaired) electrons. The zero-order valence-corrected chi connectivity index (χ0v) is 8.81. The first kappa shape index (κ1) is 9.81. The van der Waals surface area contributed by atoms with Crippen LogP contribution in [0.1, 0.15) is 12.8 Å². The van der Waals surface area contributed by atoms with Crippen LogP contribution in [-0.4, -0.2) is 11.9 Å². The molecule has 1 fully saturated rings. The van der Waals surface area contributed by atoms with Crippen LogP contribution in [0.25, 0.3) is 0 Å². The Hall–Kier alpha value is -0.730. The van der Waals surface area contributed by atoms with Crippen LogP contribution >= 0.6 is 23.2 Å². The predicted molar refractivity (Wildman–Crippen MR) is 55.1 cm³/mol. The summed E-state index contributed by atoms with van der Waals surface area (Å²) in [5.74, 6) is 0.827. The number of benzene rings is 1. The Bertz CT molecular complexity index is 368. The standard InChI is InChI=1S/C10H8Cl2O2/c11-6-1-2-10(9(12)3-6)14-8-4-7(13)5-8/h1-3,8H,4-5H2. The van der Waals surface area contributed by atoms with Crippen molar-refractivity contribution in [3.63, 3.8) is 0 Å². The minimum absolute atomic E-state index is 0.0128. The molecule has 14 heavy (non-hydrogen) atoms. The van der Waals surface area contributed by atoms with Gasteiger partial charge in [-0.05, 0) is 18.2 Å². The predicted octanol–water partition coefficient (Wildman–Crippen LogP) is 3.10. The molecule has 0 N–H and O–H groups in total. The topological polar surface area (TPSA) is 26.3 Å². The van der Waals surface area contributed by atoms with E-state index in [4.69, 9.17) is 27.9 Å². The molecule has 1 saturated carbocycles. The third-order valence-corrected chi connectivity index (χ3v) is 2.63. The van der Waals surface area contributed by atoms with Gasteiger partial charge in [-0.3, -0.25) is 4.79 Å². The third kappa shape index (κ3) is 2.02. The molecule has 0 saturated heterocycles. The fraction of sp³-hybridized carbons (Fsp3) is 0.300. The van der Waals surface area contributed by atoms with Crippen LogP contribution in [0.15, 0.2) is 18.2 Å². The number of hydrogen-bond acceptors (Lipinski definition) is 2. The van der Waals surface area contributed by atoms with Gasteiger partial charge in [0, 0.05) is 17.9 Å². The molecule has 0 atom stereocenters. The zero-order chi connectivity index (χ0) is 10.1. The smallest absolute Gasteiger partial charge is 0.140 e. The van der Waals surface area contributed by atoms with E-state index in [-0.39, 0.29) is 11.9 Å². The van der Waals surface area contributed by atoms with E-state index in [1.165, 1.54) is 0 Å². The highest BCUT2D eigenvalue weighted by Crippen LogP contribution is 2.31. The molecule has 2 nitrogen and oxygen atoms in total. The fourth-order valence-electron chi connectivity index (χ4n) is 1.28. The Morgan fingerprint density at radius 1 is 1.29 bits per heavy atom. The first-order chi connectivity index (χ1) is 6.65. The zero-order valence-electron chi connectivity index (χ0n) is 7.30. The second kappa shape index (κ2) is 3.79. The first-order valence-corrected chi connectivity index (χ1v) is 5.04. The molecule has 1 aromatic carbocycles. The van der Waals surface area contributed by atoms with Gasteiger partial charge in [0.25, 0.3) is 0 Å². The van der Waals surface area contributed by atoms with Crippen LogP contribution in [0, 0.1) is 0 Å². The van der Waals surface area contributed by atoms with Gasteiger partial charge in [-0.1, -0.05) is 23.2 Å². The fourth-order valence-corrected chi connectivity index (χ4v) is 1.73. The maximum absolute atomic E-state index is 10.7. The second-order valence-electron chi connectivity index (χ2n) is 3.26. The van der Waals surface area contributed by atoms with Gasteiger partial charge in [-0.25, -0.2) is 0 Å². The SMILES string of the molecule is O=C1CC(Oc2ccc(Cl)cc2Cl)C1. The van der Waals surface area contributed by atoms with Gasteiger partial charge in [0.05, 0.1) is 5.02 Å². The summed E-state index contributed by atoms with van der Waals surface area (Å²) in [6.45, 7) is 0. The minimum atomic E-state index is -0.0128. The second-order valence-corrected chi connectivity index (χ2v) is 4.11. The van der Waals surface area contributed by atoms with Crippen molar-refractivity contribution in [1.29, 1.82) is 0 Å². The molecular formula is C10H8Cl2O2. The molecule has 2 rings (SSSR count). The van der Waals surface area contributed by atoms with Crippen molar-refractivity contribution in [2.75, 3.05) is 0 Å². The highest BCUT2D eigenvalue weighted by Gasteiger charge is 2.28.